The summed E-state index contributed by atoms with van der Waals surface area (Å²) in [5.41, 5.74) is 4.56. The molecule has 1 aromatic heterocycles. The molecule has 2 aromatic carbocycles. The van der Waals surface area contributed by atoms with Crippen LogP contribution in [-0.4, -0.2) is 30.2 Å². The van der Waals surface area contributed by atoms with Crippen molar-refractivity contribution in [2.24, 2.45) is 11.7 Å². The van der Waals surface area contributed by atoms with Gasteiger partial charge in [0, 0.05) is 11.6 Å². The van der Waals surface area contributed by atoms with Crippen LogP contribution in [0.5, 0.6) is 11.5 Å². The standard InChI is InChI=1S/C24H21F4N3O6/c1-11(35-24(29)33)20-19(21(32)30-16-6-5-14(25)9-15(16)26)31-22(37-20)13-4-7-17(36-23(27)28)18(8-13)34-10-12-2-3-12/h4-9,11-12,23H,2-3,10H2,1H3,(H2,29,33)(H,30,32). The fourth-order valence-electron chi connectivity index (χ4n) is 3.33. The first-order chi connectivity index (χ1) is 17.6. The van der Waals surface area contributed by atoms with E-state index in [4.69, 9.17) is 19.6 Å². The summed E-state index contributed by atoms with van der Waals surface area (Å²) in [6, 6.07) is 6.45. The highest BCUT2D eigenvalue weighted by Gasteiger charge is 2.28. The summed E-state index contributed by atoms with van der Waals surface area (Å²) in [7, 11) is 0. The molecule has 0 saturated heterocycles. The summed E-state index contributed by atoms with van der Waals surface area (Å²) in [5.74, 6) is -3.13. The molecule has 1 heterocycles. The highest BCUT2D eigenvalue weighted by atomic mass is 19.3. The van der Waals surface area contributed by atoms with E-state index in [1.807, 2.05) is 0 Å². The van der Waals surface area contributed by atoms with Crippen LogP contribution in [0, 0.1) is 17.6 Å². The van der Waals surface area contributed by atoms with E-state index in [1.54, 1.807) is 0 Å². The highest BCUT2D eigenvalue weighted by Crippen LogP contribution is 2.37. The molecular weight excluding hydrogens is 502 g/mol. The summed E-state index contributed by atoms with van der Waals surface area (Å²) >= 11 is 0. The molecule has 1 saturated carbocycles. The minimum absolute atomic E-state index is 0.00488. The number of alkyl halides is 2. The minimum atomic E-state index is -3.09. The van der Waals surface area contributed by atoms with Gasteiger partial charge in [0.05, 0.1) is 12.3 Å². The van der Waals surface area contributed by atoms with Gasteiger partial charge in [0.2, 0.25) is 5.89 Å². The van der Waals surface area contributed by atoms with Crippen molar-refractivity contribution in [1.29, 1.82) is 0 Å². The number of rotatable bonds is 10. The monoisotopic (exact) mass is 523 g/mol. The van der Waals surface area contributed by atoms with E-state index in [2.05, 4.69) is 15.0 Å². The Morgan fingerprint density at radius 2 is 1.92 bits per heavy atom. The van der Waals surface area contributed by atoms with Crippen molar-refractivity contribution in [3.05, 3.63) is 59.5 Å². The maximum atomic E-state index is 14.1. The van der Waals surface area contributed by atoms with Crippen molar-refractivity contribution in [3.8, 4) is 23.0 Å². The molecule has 1 fully saturated rings. The second-order valence-electron chi connectivity index (χ2n) is 8.18. The maximum absolute atomic E-state index is 14.1. The first kappa shape index (κ1) is 25.8. The van der Waals surface area contributed by atoms with E-state index in [1.165, 1.54) is 25.1 Å². The number of primary amides is 1. The number of carbonyl (C=O) groups is 2. The Balaban J connectivity index is 1.69. The summed E-state index contributed by atoms with van der Waals surface area (Å²) in [5, 5.41) is 2.25. The topological polar surface area (TPSA) is 126 Å². The third kappa shape index (κ3) is 6.48. The van der Waals surface area contributed by atoms with Gasteiger partial charge in [-0.2, -0.15) is 8.78 Å². The van der Waals surface area contributed by atoms with Crippen LogP contribution in [0.25, 0.3) is 11.5 Å². The third-order valence-corrected chi connectivity index (χ3v) is 5.29. The van der Waals surface area contributed by atoms with Crippen molar-refractivity contribution in [2.75, 3.05) is 11.9 Å². The second kappa shape index (κ2) is 10.8. The zero-order chi connectivity index (χ0) is 26.7. The van der Waals surface area contributed by atoms with Crippen molar-refractivity contribution in [3.63, 3.8) is 0 Å². The second-order valence-corrected chi connectivity index (χ2v) is 8.18. The first-order valence-corrected chi connectivity index (χ1v) is 11.1. The lowest BCUT2D eigenvalue weighted by Crippen LogP contribution is -2.19. The molecule has 0 aliphatic heterocycles. The largest absolute Gasteiger partial charge is 0.489 e. The number of oxazole rings is 1. The number of hydrogen-bond acceptors (Lipinski definition) is 7. The SMILES string of the molecule is CC(OC(N)=O)c1oc(-c2ccc(OC(F)F)c(OCC3CC3)c2)nc1C(=O)Nc1ccc(F)cc1F. The molecule has 1 aliphatic rings. The molecule has 0 radical (unpaired) electrons. The Morgan fingerprint density at radius 3 is 2.57 bits per heavy atom. The summed E-state index contributed by atoms with van der Waals surface area (Å²) in [6.07, 6.45) is -0.438. The number of nitrogens with zero attached hydrogens (tertiary/aromatic N) is 1. The zero-order valence-corrected chi connectivity index (χ0v) is 19.3. The van der Waals surface area contributed by atoms with Crippen molar-refractivity contribution in [1.82, 2.24) is 4.98 Å². The number of nitrogens with one attached hydrogen (secondary N) is 1. The number of amides is 2. The van der Waals surface area contributed by atoms with Gasteiger partial charge in [-0.1, -0.05) is 0 Å². The molecule has 9 nitrogen and oxygen atoms in total. The summed E-state index contributed by atoms with van der Waals surface area (Å²) in [6.45, 7) is -1.44. The predicted octanol–water partition coefficient (Wildman–Crippen LogP) is 5.42. The molecule has 196 valence electrons. The fraction of sp³-hybridized carbons (Fsp3) is 0.292. The van der Waals surface area contributed by atoms with Crippen LogP contribution in [0.4, 0.5) is 28.0 Å². The van der Waals surface area contributed by atoms with Gasteiger partial charge >= 0.3 is 12.7 Å². The molecule has 3 N–H and O–H groups in total. The van der Waals surface area contributed by atoms with E-state index in [0.717, 1.165) is 25.0 Å². The molecule has 0 spiro atoms. The zero-order valence-electron chi connectivity index (χ0n) is 19.3. The van der Waals surface area contributed by atoms with Crippen molar-refractivity contribution < 1.29 is 45.8 Å². The number of aromatic nitrogens is 1. The van der Waals surface area contributed by atoms with Gasteiger partial charge in [0.25, 0.3) is 5.91 Å². The lowest BCUT2D eigenvalue weighted by atomic mass is 10.2. The normalized spacial score (nSPS) is 13.8. The average Bonchev–Trinajstić information content (AvgIpc) is 3.54. The van der Waals surface area contributed by atoms with Gasteiger partial charge < -0.3 is 29.7 Å². The Morgan fingerprint density at radius 1 is 1.16 bits per heavy atom. The van der Waals surface area contributed by atoms with Crippen molar-refractivity contribution in [2.45, 2.75) is 32.5 Å². The van der Waals surface area contributed by atoms with Crippen LogP contribution < -0.4 is 20.5 Å². The molecule has 0 bridgehead atoms. The molecular formula is C24H21F4N3O6. The fourth-order valence-corrected chi connectivity index (χ4v) is 3.33. The first-order valence-electron chi connectivity index (χ1n) is 11.1. The quantitative estimate of drug-likeness (QED) is 0.340. The van der Waals surface area contributed by atoms with E-state index < -0.39 is 36.4 Å². The molecule has 13 heteroatoms. The Kier molecular flexibility index (Phi) is 7.50. The van der Waals surface area contributed by atoms with E-state index in [9.17, 15) is 27.2 Å². The van der Waals surface area contributed by atoms with Crippen LogP contribution in [0.2, 0.25) is 0 Å². The van der Waals surface area contributed by atoms with Gasteiger partial charge in [-0.3, -0.25) is 4.79 Å². The van der Waals surface area contributed by atoms with Crippen LogP contribution >= 0.6 is 0 Å². The number of anilines is 1. The number of ether oxygens (including phenoxy) is 3. The Hall–Kier alpha value is -4.29. The molecule has 3 aromatic rings. The predicted molar refractivity (Wildman–Crippen MR) is 120 cm³/mol. The molecule has 1 unspecified atom stereocenters. The van der Waals surface area contributed by atoms with Gasteiger partial charge in [-0.15, -0.1) is 0 Å². The molecule has 1 atom stereocenters. The molecule has 37 heavy (non-hydrogen) atoms. The summed E-state index contributed by atoms with van der Waals surface area (Å²) in [4.78, 5) is 28.4. The third-order valence-electron chi connectivity index (χ3n) is 5.29. The van der Waals surface area contributed by atoms with E-state index >= 15 is 0 Å². The smallest absolute Gasteiger partial charge is 0.405 e. The van der Waals surface area contributed by atoms with Crippen molar-refractivity contribution >= 4 is 17.7 Å². The van der Waals surface area contributed by atoms with Crippen LogP contribution in [0.1, 0.15) is 42.1 Å². The lowest BCUT2D eigenvalue weighted by Gasteiger charge is -2.13. The molecule has 1 aliphatic carbocycles. The summed E-state index contributed by atoms with van der Waals surface area (Å²) < 4.78 is 73.7. The number of halogens is 4. The maximum Gasteiger partial charge on any atom is 0.405 e. The molecule has 4 rings (SSSR count). The average molecular weight is 523 g/mol. The van der Waals surface area contributed by atoms with Gasteiger partial charge in [0.15, 0.2) is 29.1 Å². The Labute approximate surface area is 207 Å². The number of hydrogen-bond donors (Lipinski definition) is 2. The van der Waals surface area contributed by atoms with Gasteiger partial charge in [0.1, 0.15) is 11.6 Å². The highest BCUT2D eigenvalue weighted by molar-refractivity contribution is 6.04. The number of carbonyl (C=O) groups excluding carboxylic acids is 2. The van der Waals surface area contributed by atoms with Gasteiger partial charge in [-0.05, 0) is 56.0 Å². The van der Waals surface area contributed by atoms with Crippen LogP contribution in [-0.2, 0) is 4.74 Å². The Bertz CT molecular complexity index is 1310. The van der Waals surface area contributed by atoms with Crippen LogP contribution in [0.3, 0.4) is 0 Å². The minimum Gasteiger partial charge on any atom is -0.489 e. The number of nitrogens with two attached hydrogens (primary N) is 1. The van der Waals surface area contributed by atoms with E-state index in [0.29, 0.717) is 18.6 Å². The number of benzene rings is 2. The molecule has 2 amide bonds. The van der Waals surface area contributed by atoms with Crippen LogP contribution in [0.15, 0.2) is 40.8 Å². The lowest BCUT2D eigenvalue weighted by molar-refractivity contribution is -0.0515. The van der Waals surface area contributed by atoms with E-state index in [-0.39, 0.29) is 40.1 Å². The van der Waals surface area contributed by atoms with Gasteiger partial charge in [-0.25, -0.2) is 18.6 Å².